The van der Waals surface area contributed by atoms with Gasteiger partial charge in [0.2, 0.25) is 10.0 Å². The third-order valence-electron chi connectivity index (χ3n) is 3.90. The number of hydrogen-bond acceptors (Lipinski definition) is 5. The van der Waals surface area contributed by atoms with Gasteiger partial charge < -0.3 is 14.8 Å². The molecule has 0 unspecified atom stereocenters. The quantitative estimate of drug-likeness (QED) is 0.770. The van der Waals surface area contributed by atoms with Crippen LogP contribution in [-0.4, -0.2) is 35.6 Å². The van der Waals surface area contributed by atoms with Crippen LogP contribution in [0.15, 0.2) is 47.4 Å². The third-order valence-corrected chi connectivity index (χ3v) is 5.44. The Morgan fingerprint density at radius 2 is 1.69 bits per heavy atom. The predicted molar refractivity (Wildman–Crippen MR) is 98.1 cm³/mol. The molecule has 0 aliphatic rings. The molecule has 0 aliphatic heterocycles. The van der Waals surface area contributed by atoms with E-state index in [4.69, 9.17) is 9.47 Å². The fourth-order valence-electron chi connectivity index (χ4n) is 2.43. The first kappa shape index (κ1) is 19.7. The highest BCUT2D eigenvalue weighted by atomic mass is 32.2. The van der Waals surface area contributed by atoms with Gasteiger partial charge in [-0.2, -0.15) is 0 Å². The second kappa shape index (κ2) is 8.20. The van der Waals surface area contributed by atoms with Gasteiger partial charge in [0.05, 0.1) is 24.7 Å². The summed E-state index contributed by atoms with van der Waals surface area (Å²) in [5, 5.41) is 2.47. The molecule has 1 atom stereocenters. The fourth-order valence-corrected chi connectivity index (χ4v) is 3.69. The molecular weight excluding hydrogens is 356 g/mol. The van der Waals surface area contributed by atoms with E-state index in [1.54, 1.807) is 38.3 Å². The number of carbonyl (C=O) groups is 1. The van der Waals surface area contributed by atoms with Gasteiger partial charge >= 0.3 is 0 Å². The maximum atomic E-state index is 12.7. The monoisotopic (exact) mass is 378 g/mol. The normalized spacial score (nSPS) is 12.3. The van der Waals surface area contributed by atoms with Gasteiger partial charge in [-0.25, -0.2) is 13.1 Å². The summed E-state index contributed by atoms with van der Waals surface area (Å²) in [5.41, 5.74) is 0.935. The maximum absolute atomic E-state index is 12.7. The van der Waals surface area contributed by atoms with Gasteiger partial charge in [-0.05, 0) is 42.8 Å². The van der Waals surface area contributed by atoms with Crippen LogP contribution in [0.25, 0.3) is 0 Å². The second-order valence-corrected chi connectivity index (χ2v) is 7.27. The van der Waals surface area contributed by atoms with Crippen LogP contribution in [0.1, 0.15) is 28.9 Å². The number of nitrogens with one attached hydrogen (secondary N) is 2. The molecule has 0 radical (unpaired) electrons. The molecule has 0 aromatic heterocycles. The maximum Gasteiger partial charge on any atom is 0.254 e. The lowest BCUT2D eigenvalue weighted by Crippen LogP contribution is -2.27. The van der Waals surface area contributed by atoms with Crippen molar-refractivity contribution < 1.29 is 22.7 Å². The van der Waals surface area contributed by atoms with Crippen molar-refractivity contribution in [2.24, 2.45) is 0 Å². The third kappa shape index (κ3) is 4.33. The second-order valence-electron chi connectivity index (χ2n) is 5.56. The SMILES string of the molecule is CNC(=O)c1cc(S(=O)(=O)N[C@@H](C)c2ccc(OC)cc2)ccc1OC. The minimum absolute atomic E-state index is 0.0164. The number of sulfonamides is 1. The Morgan fingerprint density at radius 3 is 2.23 bits per heavy atom. The van der Waals surface area contributed by atoms with E-state index in [-0.39, 0.29) is 10.5 Å². The van der Waals surface area contributed by atoms with Gasteiger partial charge in [0.15, 0.2) is 0 Å². The molecule has 0 aliphatic carbocycles. The molecule has 140 valence electrons. The first-order valence-electron chi connectivity index (χ1n) is 7.88. The molecule has 0 saturated heterocycles. The largest absolute Gasteiger partial charge is 0.497 e. The molecule has 0 saturated carbocycles. The highest BCUT2D eigenvalue weighted by Crippen LogP contribution is 2.24. The minimum atomic E-state index is -3.83. The lowest BCUT2D eigenvalue weighted by molar-refractivity contribution is 0.0960. The van der Waals surface area contributed by atoms with Crippen molar-refractivity contribution in [1.29, 1.82) is 0 Å². The average molecular weight is 378 g/mol. The van der Waals surface area contributed by atoms with Gasteiger partial charge in [-0.15, -0.1) is 0 Å². The molecule has 0 bridgehead atoms. The number of carbonyl (C=O) groups excluding carboxylic acids is 1. The predicted octanol–water partition coefficient (Wildman–Crippen LogP) is 2.10. The summed E-state index contributed by atoms with van der Waals surface area (Å²) >= 11 is 0. The number of methoxy groups -OCH3 is 2. The van der Waals surface area contributed by atoms with Crippen LogP contribution >= 0.6 is 0 Å². The van der Waals surface area contributed by atoms with Crippen LogP contribution in [0.3, 0.4) is 0 Å². The van der Waals surface area contributed by atoms with Crippen molar-refractivity contribution in [3.05, 3.63) is 53.6 Å². The molecule has 0 heterocycles. The summed E-state index contributed by atoms with van der Waals surface area (Å²) in [5.74, 6) is 0.558. The Morgan fingerprint density at radius 1 is 1.04 bits per heavy atom. The van der Waals surface area contributed by atoms with E-state index in [0.717, 1.165) is 5.56 Å². The summed E-state index contributed by atoms with van der Waals surface area (Å²) < 4.78 is 38.2. The molecule has 1 amide bonds. The summed E-state index contributed by atoms with van der Waals surface area (Å²) in [6.45, 7) is 1.74. The van der Waals surface area contributed by atoms with Crippen molar-refractivity contribution in [2.45, 2.75) is 17.9 Å². The van der Waals surface area contributed by atoms with Crippen molar-refractivity contribution in [3.63, 3.8) is 0 Å². The van der Waals surface area contributed by atoms with Crippen LogP contribution in [0, 0.1) is 0 Å². The van der Waals surface area contributed by atoms with Gasteiger partial charge in [0, 0.05) is 13.1 Å². The molecule has 2 N–H and O–H groups in total. The Labute approximate surface area is 153 Å². The summed E-state index contributed by atoms with van der Waals surface area (Å²) in [4.78, 5) is 11.9. The van der Waals surface area contributed by atoms with Gasteiger partial charge in [0.25, 0.3) is 5.91 Å². The van der Waals surface area contributed by atoms with Crippen molar-refractivity contribution in [2.75, 3.05) is 21.3 Å². The fraction of sp³-hybridized carbons (Fsp3) is 0.278. The van der Waals surface area contributed by atoms with E-state index < -0.39 is 22.0 Å². The van der Waals surface area contributed by atoms with Crippen LogP contribution in [0.5, 0.6) is 11.5 Å². The smallest absolute Gasteiger partial charge is 0.254 e. The Balaban J connectivity index is 2.30. The lowest BCUT2D eigenvalue weighted by Gasteiger charge is -2.16. The minimum Gasteiger partial charge on any atom is -0.497 e. The number of rotatable bonds is 7. The molecule has 0 fully saturated rings. The molecule has 7 nitrogen and oxygen atoms in total. The van der Waals surface area contributed by atoms with Crippen molar-refractivity contribution in [3.8, 4) is 11.5 Å². The van der Waals surface area contributed by atoms with Crippen molar-refractivity contribution in [1.82, 2.24) is 10.0 Å². The van der Waals surface area contributed by atoms with E-state index >= 15 is 0 Å². The van der Waals surface area contributed by atoms with Crippen LogP contribution in [-0.2, 0) is 10.0 Å². The van der Waals surface area contributed by atoms with E-state index in [1.807, 2.05) is 0 Å². The summed E-state index contributed by atoms with van der Waals surface area (Å²) in [6.07, 6.45) is 0. The molecule has 26 heavy (non-hydrogen) atoms. The summed E-state index contributed by atoms with van der Waals surface area (Å²) in [6, 6.07) is 10.8. The van der Waals surface area contributed by atoms with Crippen LogP contribution in [0.2, 0.25) is 0 Å². The molecule has 2 aromatic rings. The van der Waals surface area contributed by atoms with Crippen molar-refractivity contribution >= 4 is 15.9 Å². The standard InChI is InChI=1S/C18H22N2O5S/c1-12(13-5-7-14(24-3)8-6-13)20-26(22,23)15-9-10-17(25-4)16(11-15)18(21)19-2/h5-12,20H,1-4H3,(H,19,21)/t12-/m0/s1. The Bertz CT molecular complexity index is 879. The number of amides is 1. The molecule has 2 rings (SSSR count). The lowest BCUT2D eigenvalue weighted by atomic mass is 10.1. The Hall–Kier alpha value is -2.58. The highest BCUT2D eigenvalue weighted by Gasteiger charge is 2.21. The zero-order valence-electron chi connectivity index (χ0n) is 15.1. The first-order valence-corrected chi connectivity index (χ1v) is 9.37. The number of ether oxygens (including phenoxy) is 2. The molecule has 8 heteroatoms. The van der Waals surface area contributed by atoms with Crippen LogP contribution < -0.4 is 19.5 Å². The molecule has 0 spiro atoms. The van der Waals surface area contributed by atoms with E-state index in [9.17, 15) is 13.2 Å². The van der Waals surface area contributed by atoms with E-state index in [2.05, 4.69) is 10.0 Å². The highest BCUT2D eigenvalue weighted by molar-refractivity contribution is 7.89. The van der Waals surface area contributed by atoms with Crippen LogP contribution in [0.4, 0.5) is 0 Å². The zero-order chi connectivity index (χ0) is 19.3. The first-order chi connectivity index (χ1) is 12.3. The van der Waals surface area contributed by atoms with Gasteiger partial charge in [0.1, 0.15) is 11.5 Å². The number of hydrogen-bond donors (Lipinski definition) is 2. The van der Waals surface area contributed by atoms with Gasteiger partial charge in [-0.3, -0.25) is 4.79 Å². The topological polar surface area (TPSA) is 93.7 Å². The molecular formula is C18H22N2O5S. The Kier molecular flexibility index (Phi) is 6.23. The van der Waals surface area contributed by atoms with Gasteiger partial charge in [-0.1, -0.05) is 12.1 Å². The zero-order valence-corrected chi connectivity index (χ0v) is 15.9. The van der Waals surface area contributed by atoms with E-state index in [1.165, 1.54) is 32.4 Å². The summed E-state index contributed by atoms with van der Waals surface area (Å²) in [7, 11) is 0.617. The van der Waals surface area contributed by atoms with E-state index in [0.29, 0.717) is 11.5 Å². The average Bonchev–Trinajstić information content (AvgIpc) is 2.66. The molecule has 2 aromatic carbocycles. The number of benzene rings is 2.